The maximum absolute atomic E-state index is 10.7. The van der Waals surface area contributed by atoms with Gasteiger partial charge in [0.25, 0.3) is 0 Å². The summed E-state index contributed by atoms with van der Waals surface area (Å²) in [4.78, 5) is 10.7. The molecule has 2 rings (SSSR count). The monoisotopic (exact) mass is 181 g/mol. The summed E-state index contributed by atoms with van der Waals surface area (Å²) in [5, 5.41) is 8.80. The Morgan fingerprint density at radius 3 is 2.77 bits per heavy atom. The Hall–Kier alpha value is -1.29. The molecule has 1 aliphatic carbocycles. The molecule has 4 heteroatoms. The second-order valence-corrected chi connectivity index (χ2v) is 3.48. The van der Waals surface area contributed by atoms with Gasteiger partial charge in [-0.3, -0.25) is 4.79 Å². The van der Waals surface area contributed by atoms with Gasteiger partial charge in [-0.05, 0) is 24.5 Å². The van der Waals surface area contributed by atoms with Crippen molar-refractivity contribution in [2.45, 2.75) is 24.3 Å². The van der Waals surface area contributed by atoms with E-state index in [4.69, 9.17) is 15.3 Å². The predicted molar refractivity (Wildman–Crippen MR) is 45.2 cm³/mol. The van der Waals surface area contributed by atoms with Gasteiger partial charge in [-0.2, -0.15) is 0 Å². The van der Waals surface area contributed by atoms with Crippen molar-refractivity contribution in [1.82, 2.24) is 0 Å². The van der Waals surface area contributed by atoms with Crippen LogP contribution >= 0.6 is 0 Å². The van der Waals surface area contributed by atoms with Crippen LogP contribution in [0.25, 0.3) is 0 Å². The first kappa shape index (κ1) is 8.31. The van der Waals surface area contributed by atoms with Gasteiger partial charge in [0.15, 0.2) is 0 Å². The molecule has 1 saturated carbocycles. The summed E-state index contributed by atoms with van der Waals surface area (Å²) in [6.45, 7) is 0. The Balaban J connectivity index is 2.27. The van der Waals surface area contributed by atoms with Crippen molar-refractivity contribution in [3.05, 3.63) is 24.2 Å². The Bertz CT molecular complexity index is 314. The highest BCUT2D eigenvalue weighted by Crippen LogP contribution is 2.50. The number of furan rings is 1. The fourth-order valence-corrected chi connectivity index (χ4v) is 1.70. The molecule has 0 aromatic carbocycles. The van der Waals surface area contributed by atoms with Gasteiger partial charge in [-0.1, -0.05) is 0 Å². The van der Waals surface area contributed by atoms with Gasteiger partial charge in [0.2, 0.25) is 0 Å². The van der Waals surface area contributed by atoms with E-state index in [1.807, 2.05) is 0 Å². The molecule has 0 saturated heterocycles. The Morgan fingerprint density at radius 2 is 2.38 bits per heavy atom. The van der Waals surface area contributed by atoms with E-state index in [0.717, 1.165) is 18.4 Å². The number of rotatable bonds is 3. The van der Waals surface area contributed by atoms with Crippen molar-refractivity contribution in [3.63, 3.8) is 0 Å². The van der Waals surface area contributed by atoms with Crippen molar-refractivity contribution in [3.8, 4) is 0 Å². The van der Waals surface area contributed by atoms with Crippen LogP contribution in [0.2, 0.25) is 0 Å². The van der Waals surface area contributed by atoms with Crippen LogP contribution in [0, 0.1) is 0 Å². The summed E-state index contributed by atoms with van der Waals surface area (Å²) in [7, 11) is 0. The van der Waals surface area contributed by atoms with Crippen molar-refractivity contribution >= 4 is 5.97 Å². The summed E-state index contributed by atoms with van der Waals surface area (Å²) in [5.41, 5.74) is 6.15. The second kappa shape index (κ2) is 2.60. The van der Waals surface area contributed by atoms with Crippen LogP contribution in [0.15, 0.2) is 23.0 Å². The van der Waals surface area contributed by atoms with E-state index in [9.17, 15) is 4.79 Å². The maximum Gasteiger partial charge on any atom is 0.321 e. The Kier molecular flexibility index (Phi) is 1.66. The summed E-state index contributed by atoms with van der Waals surface area (Å²) in [5.74, 6) is -0.946. The highest BCUT2D eigenvalue weighted by Gasteiger charge is 2.52. The molecule has 0 aliphatic heterocycles. The second-order valence-electron chi connectivity index (χ2n) is 3.48. The summed E-state index contributed by atoms with van der Waals surface area (Å²) in [6.07, 6.45) is 4.79. The van der Waals surface area contributed by atoms with E-state index in [1.165, 1.54) is 0 Å². The van der Waals surface area contributed by atoms with Gasteiger partial charge >= 0.3 is 5.97 Å². The van der Waals surface area contributed by atoms with E-state index in [-0.39, 0.29) is 5.41 Å². The van der Waals surface area contributed by atoms with Crippen molar-refractivity contribution in [2.24, 2.45) is 5.73 Å². The van der Waals surface area contributed by atoms with Crippen LogP contribution < -0.4 is 5.73 Å². The SMILES string of the molecule is NC(C(=O)O)C1(c2ccoc2)CC1. The molecule has 4 nitrogen and oxygen atoms in total. The normalized spacial score (nSPS) is 21.0. The number of hydrogen-bond acceptors (Lipinski definition) is 3. The molecular weight excluding hydrogens is 170 g/mol. The molecule has 0 radical (unpaired) electrons. The highest BCUT2D eigenvalue weighted by atomic mass is 16.4. The standard InChI is InChI=1S/C9H11NO3/c10-7(8(11)12)9(2-3-9)6-1-4-13-5-6/h1,4-5,7H,2-3,10H2,(H,11,12). The third-order valence-corrected chi connectivity index (χ3v) is 2.75. The Morgan fingerprint density at radius 1 is 1.69 bits per heavy atom. The molecule has 1 aromatic heterocycles. The van der Waals surface area contributed by atoms with Crippen LogP contribution in [-0.4, -0.2) is 17.1 Å². The van der Waals surface area contributed by atoms with Gasteiger partial charge in [0, 0.05) is 5.41 Å². The van der Waals surface area contributed by atoms with Gasteiger partial charge in [-0.25, -0.2) is 0 Å². The third-order valence-electron chi connectivity index (χ3n) is 2.75. The number of hydrogen-bond donors (Lipinski definition) is 2. The Labute approximate surface area is 75.3 Å². The quantitative estimate of drug-likeness (QED) is 0.720. The molecule has 1 aliphatic rings. The van der Waals surface area contributed by atoms with E-state index in [2.05, 4.69) is 0 Å². The summed E-state index contributed by atoms with van der Waals surface area (Å²) >= 11 is 0. The molecule has 70 valence electrons. The summed E-state index contributed by atoms with van der Waals surface area (Å²) in [6, 6.07) is 0.973. The van der Waals surface area contributed by atoms with E-state index >= 15 is 0 Å². The van der Waals surface area contributed by atoms with Gasteiger partial charge in [-0.15, -0.1) is 0 Å². The lowest BCUT2D eigenvalue weighted by Gasteiger charge is -2.17. The first-order valence-electron chi connectivity index (χ1n) is 4.18. The van der Waals surface area contributed by atoms with Crippen molar-refractivity contribution < 1.29 is 14.3 Å². The predicted octanol–water partition coefficient (Wildman–Crippen LogP) is 0.723. The smallest absolute Gasteiger partial charge is 0.321 e. The van der Waals surface area contributed by atoms with Crippen molar-refractivity contribution in [2.75, 3.05) is 0 Å². The maximum atomic E-state index is 10.7. The number of aliphatic carboxylic acids is 1. The van der Waals surface area contributed by atoms with E-state index < -0.39 is 12.0 Å². The van der Waals surface area contributed by atoms with E-state index in [1.54, 1.807) is 18.6 Å². The average Bonchev–Trinajstić information content (AvgIpc) is 2.72. The molecule has 1 fully saturated rings. The lowest BCUT2D eigenvalue weighted by atomic mass is 9.91. The van der Waals surface area contributed by atoms with E-state index in [0.29, 0.717) is 0 Å². The number of carbonyl (C=O) groups is 1. The van der Waals surface area contributed by atoms with Gasteiger partial charge in [0.05, 0.1) is 12.5 Å². The zero-order valence-electron chi connectivity index (χ0n) is 7.06. The highest BCUT2D eigenvalue weighted by molar-refractivity contribution is 5.76. The first-order chi connectivity index (χ1) is 6.17. The third kappa shape index (κ3) is 1.14. The summed E-state index contributed by atoms with van der Waals surface area (Å²) < 4.78 is 4.92. The first-order valence-corrected chi connectivity index (χ1v) is 4.18. The largest absolute Gasteiger partial charge is 0.480 e. The zero-order chi connectivity index (χ0) is 9.47. The molecule has 0 amide bonds. The minimum Gasteiger partial charge on any atom is -0.480 e. The molecule has 13 heavy (non-hydrogen) atoms. The minimum atomic E-state index is -0.946. The number of nitrogens with two attached hydrogens (primary N) is 1. The molecule has 1 heterocycles. The molecule has 0 bridgehead atoms. The van der Waals surface area contributed by atoms with Gasteiger partial charge in [0.1, 0.15) is 6.04 Å². The van der Waals surface area contributed by atoms with Gasteiger partial charge < -0.3 is 15.3 Å². The fourth-order valence-electron chi connectivity index (χ4n) is 1.70. The minimum absolute atomic E-state index is 0.362. The van der Waals surface area contributed by atoms with Crippen LogP contribution in [0.4, 0.5) is 0 Å². The number of carboxylic acid groups (broad SMARTS) is 1. The van der Waals surface area contributed by atoms with Crippen LogP contribution in [0.3, 0.4) is 0 Å². The number of carboxylic acids is 1. The lowest BCUT2D eigenvalue weighted by molar-refractivity contribution is -0.139. The molecule has 0 spiro atoms. The molecule has 1 atom stereocenters. The fraction of sp³-hybridized carbons (Fsp3) is 0.444. The van der Waals surface area contributed by atoms with Crippen molar-refractivity contribution in [1.29, 1.82) is 0 Å². The topological polar surface area (TPSA) is 76.5 Å². The zero-order valence-corrected chi connectivity index (χ0v) is 7.06. The lowest BCUT2D eigenvalue weighted by Crippen LogP contribution is -2.41. The van der Waals surface area contributed by atoms with Crippen LogP contribution in [-0.2, 0) is 10.2 Å². The molecule has 1 unspecified atom stereocenters. The van der Waals surface area contributed by atoms with Crippen LogP contribution in [0.5, 0.6) is 0 Å². The van der Waals surface area contributed by atoms with Crippen LogP contribution in [0.1, 0.15) is 18.4 Å². The molecular formula is C9H11NO3. The average molecular weight is 181 g/mol. The molecule has 3 N–H and O–H groups in total. The molecule has 1 aromatic rings.